The van der Waals surface area contributed by atoms with Gasteiger partial charge in [-0.25, -0.2) is 13.1 Å². The highest BCUT2D eigenvalue weighted by Crippen LogP contribution is 2.15. The summed E-state index contributed by atoms with van der Waals surface area (Å²) in [5.41, 5.74) is 3.05. The lowest BCUT2D eigenvalue weighted by molar-refractivity contribution is 0.581. The number of anilines is 1. The van der Waals surface area contributed by atoms with Gasteiger partial charge in [0.15, 0.2) is 0 Å². The SMILES string of the molecule is CCc1ccccc1CNS(=O)(=O)c1ccc(NC)cc1. The first-order chi connectivity index (χ1) is 10.1. The van der Waals surface area contributed by atoms with E-state index in [2.05, 4.69) is 17.0 Å². The molecule has 0 bridgehead atoms. The predicted molar refractivity (Wildman–Crippen MR) is 85.8 cm³/mol. The van der Waals surface area contributed by atoms with Crippen molar-refractivity contribution in [3.05, 3.63) is 59.7 Å². The number of sulfonamides is 1. The van der Waals surface area contributed by atoms with Crippen LogP contribution in [-0.4, -0.2) is 15.5 Å². The second-order valence-electron chi connectivity index (χ2n) is 4.72. The standard InChI is InChI=1S/C16H20N2O2S/c1-3-13-6-4-5-7-14(13)12-18-21(19,20)16-10-8-15(17-2)9-11-16/h4-11,17-18H,3,12H2,1-2H3. The van der Waals surface area contributed by atoms with Crippen molar-refractivity contribution in [2.24, 2.45) is 0 Å². The molecule has 0 atom stereocenters. The molecule has 0 saturated carbocycles. The van der Waals surface area contributed by atoms with Crippen LogP contribution in [0.3, 0.4) is 0 Å². The van der Waals surface area contributed by atoms with E-state index in [9.17, 15) is 8.42 Å². The maximum Gasteiger partial charge on any atom is 0.240 e. The molecule has 0 unspecified atom stereocenters. The molecule has 21 heavy (non-hydrogen) atoms. The fourth-order valence-electron chi connectivity index (χ4n) is 2.13. The Kier molecular flexibility index (Phi) is 4.98. The van der Waals surface area contributed by atoms with E-state index >= 15 is 0 Å². The van der Waals surface area contributed by atoms with Gasteiger partial charge in [-0.05, 0) is 41.8 Å². The molecule has 0 aliphatic carbocycles. The first-order valence-corrected chi connectivity index (χ1v) is 8.39. The molecule has 0 spiro atoms. The summed E-state index contributed by atoms with van der Waals surface area (Å²) in [5, 5.41) is 2.96. The zero-order valence-corrected chi connectivity index (χ0v) is 13.1. The Morgan fingerprint density at radius 2 is 1.57 bits per heavy atom. The quantitative estimate of drug-likeness (QED) is 0.863. The van der Waals surface area contributed by atoms with Gasteiger partial charge in [-0.3, -0.25) is 0 Å². The molecule has 0 fully saturated rings. The Morgan fingerprint density at radius 3 is 2.14 bits per heavy atom. The van der Waals surface area contributed by atoms with Crippen molar-refractivity contribution in [1.82, 2.24) is 4.72 Å². The monoisotopic (exact) mass is 304 g/mol. The average Bonchev–Trinajstić information content (AvgIpc) is 2.53. The molecule has 0 amide bonds. The third kappa shape index (κ3) is 3.83. The molecular formula is C16H20N2O2S. The van der Waals surface area contributed by atoms with Crippen LogP contribution < -0.4 is 10.0 Å². The van der Waals surface area contributed by atoms with Gasteiger partial charge < -0.3 is 5.32 Å². The molecule has 0 aromatic heterocycles. The van der Waals surface area contributed by atoms with E-state index in [0.29, 0.717) is 6.54 Å². The van der Waals surface area contributed by atoms with Crippen LogP contribution in [0.5, 0.6) is 0 Å². The van der Waals surface area contributed by atoms with Crippen LogP contribution in [0.4, 0.5) is 5.69 Å². The van der Waals surface area contributed by atoms with Gasteiger partial charge >= 0.3 is 0 Å². The Hall–Kier alpha value is -1.85. The summed E-state index contributed by atoms with van der Waals surface area (Å²) in [7, 11) is -1.69. The van der Waals surface area contributed by atoms with Crippen LogP contribution in [0.25, 0.3) is 0 Å². The summed E-state index contributed by atoms with van der Waals surface area (Å²) in [6.45, 7) is 2.37. The summed E-state index contributed by atoms with van der Waals surface area (Å²) in [5.74, 6) is 0. The third-order valence-electron chi connectivity index (χ3n) is 3.41. The van der Waals surface area contributed by atoms with Crippen LogP contribution in [0.2, 0.25) is 0 Å². The van der Waals surface area contributed by atoms with E-state index in [1.165, 1.54) is 0 Å². The minimum Gasteiger partial charge on any atom is -0.388 e. The van der Waals surface area contributed by atoms with E-state index in [4.69, 9.17) is 0 Å². The summed E-state index contributed by atoms with van der Waals surface area (Å²) in [6, 6.07) is 14.5. The number of benzene rings is 2. The summed E-state index contributed by atoms with van der Waals surface area (Å²) < 4.78 is 27.2. The van der Waals surface area contributed by atoms with E-state index < -0.39 is 10.0 Å². The van der Waals surface area contributed by atoms with Gasteiger partial charge in [0.25, 0.3) is 0 Å². The maximum absolute atomic E-state index is 12.3. The Balaban J connectivity index is 2.13. The Labute approximate surface area is 126 Å². The highest BCUT2D eigenvalue weighted by molar-refractivity contribution is 7.89. The van der Waals surface area contributed by atoms with E-state index in [-0.39, 0.29) is 4.90 Å². The van der Waals surface area contributed by atoms with Crippen molar-refractivity contribution in [3.8, 4) is 0 Å². The Bertz CT molecular complexity index is 694. The molecule has 2 aromatic rings. The molecule has 2 rings (SSSR count). The first-order valence-electron chi connectivity index (χ1n) is 6.91. The lowest BCUT2D eigenvalue weighted by Gasteiger charge is -2.10. The maximum atomic E-state index is 12.3. The molecule has 0 aliphatic rings. The molecule has 2 N–H and O–H groups in total. The van der Waals surface area contributed by atoms with Crippen molar-refractivity contribution >= 4 is 15.7 Å². The van der Waals surface area contributed by atoms with Gasteiger partial charge in [0, 0.05) is 19.3 Å². The number of rotatable bonds is 6. The zero-order chi connectivity index (χ0) is 15.3. The minimum absolute atomic E-state index is 0.274. The van der Waals surface area contributed by atoms with Crippen LogP contribution in [0.1, 0.15) is 18.1 Å². The topological polar surface area (TPSA) is 58.2 Å². The summed E-state index contributed by atoms with van der Waals surface area (Å²) in [6.07, 6.45) is 0.884. The number of nitrogens with one attached hydrogen (secondary N) is 2. The molecule has 0 saturated heterocycles. The van der Waals surface area contributed by atoms with E-state index in [0.717, 1.165) is 23.2 Å². The van der Waals surface area contributed by atoms with Crippen LogP contribution in [0, 0.1) is 0 Å². The molecule has 0 aliphatic heterocycles. The smallest absolute Gasteiger partial charge is 0.240 e. The fourth-order valence-corrected chi connectivity index (χ4v) is 3.14. The Morgan fingerprint density at radius 1 is 0.952 bits per heavy atom. The second-order valence-corrected chi connectivity index (χ2v) is 6.49. The second kappa shape index (κ2) is 6.74. The van der Waals surface area contributed by atoms with Gasteiger partial charge in [0.05, 0.1) is 4.90 Å². The van der Waals surface area contributed by atoms with Crippen LogP contribution in [0.15, 0.2) is 53.4 Å². The summed E-state index contributed by atoms with van der Waals surface area (Å²) >= 11 is 0. The lowest BCUT2D eigenvalue weighted by atomic mass is 10.1. The van der Waals surface area contributed by atoms with Gasteiger partial charge in [-0.15, -0.1) is 0 Å². The average molecular weight is 304 g/mol. The van der Waals surface area contributed by atoms with Crippen molar-refractivity contribution in [2.75, 3.05) is 12.4 Å². The van der Waals surface area contributed by atoms with Gasteiger partial charge in [0.1, 0.15) is 0 Å². The highest BCUT2D eigenvalue weighted by atomic mass is 32.2. The van der Waals surface area contributed by atoms with Gasteiger partial charge in [0.2, 0.25) is 10.0 Å². The van der Waals surface area contributed by atoms with Crippen LogP contribution in [-0.2, 0) is 23.0 Å². The van der Waals surface area contributed by atoms with Crippen molar-refractivity contribution in [2.45, 2.75) is 24.8 Å². The number of hydrogen-bond donors (Lipinski definition) is 2. The largest absolute Gasteiger partial charge is 0.388 e. The van der Waals surface area contributed by atoms with Crippen molar-refractivity contribution < 1.29 is 8.42 Å². The van der Waals surface area contributed by atoms with E-state index in [1.807, 2.05) is 24.3 Å². The number of hydrogen-bond acceptors (Lipinski definition) is 3. The molecule has 112 valence electrons. The highest BCUT2D eigenvalue weighted by Gasteiger charge is 2.14. The molecule has 5 heteroatoms. The summed E-state index contributed by atoms with van der Waals surface area (Å²) in [4.78, 5) is 0.274. The van der Waals surface area contributed by atoms with Crippen LogP contribution >= 0.6 is 0 Å². The minimum atomic E-state index is -3.49. The fraction of sp³-hybridized carbons (Fsp3) is 0.250. The first kappa shape index (κ1) is 15.5. The van der Waals surface area contributed by atoms with E-state index in [1.54, 1.807) is 31.3 Å². The third-order valence-corrected chi connectivity index (χ3v) is 4.82. The molecular weight excluding hydrogens is 284 g/mol. The molecule has 0 heterocycles. The van der Waals surface area contributed by atoms with Crippen molar-refractivity contribution in [1.29, 1.82) is 0 Å². The predicted octanol–water partition coefficient (Wildman–Crippen LogP) is 2.77. The zero-order valence-electron chi connectivity index (χ0n) is 12.3. The van der Waals surface area contributed by atoms with Crippen molar-refractivity contribution in [3.63, 3.8) is 0 Å². The van der Waals surface area contributed by atoms with Gasteiger partial charge in [-0.2, -0.15) is 0 Å². The normalized spacial score (nSPS) is 11.3. The van der Waals surface area contributed by atoms with Gasteiger partial charge in [-0.1, -0.05) is 31.2 Å². The molecule has 0 radical (unpaired) electrons. The molecule has 2 aromatic carbocycles. The molecule has 4 nitrogen and oxygen atoms in total. The number of aryl methyl sites for hydroxylation is 1. The lowest BCUT2D eigenvalue weighted by Crippen LogP contribution is -2.23.